The van der Waals surface area contributed by atoms with Gasteiger partial charge in [0.2, 0.25) is 0 Å². The Balaban J connectivity index is 2.72. The Labute approximate surface area is 78.6 Å². The molecule has 1 N–H and O–H groups in total. The molecule has 0 fully saturated rings. The van der Waals surface area contributed by atoms with Crippen molar-refractivity contribution >= 4 is 16.6 Å². The summed E-state index contributed by atoms with van der Waals surface area (Å²) in [5.74, 6) is 0.240. The van der Waals surface area contributed by atoms with Crippen LogP contribution in [0, 0.1) is 10.1 Å². The number of aromatic amines is 1. The molecular formula is C8H7N3O3. The Morgan fingerprint density at radius 1 is 1.57 bits per heavy atom. The predicted molar refractivity (Wildman–Crippen MR) is 49.3 cm³/mol. The molecule has 0 aliphatic heterocycles. The molecule has 1 aromatic heterocycles. The summed E-state index contributed by atoms with van der Waals surface area (Å²) in [6, 6.07) is 2.98. The van der Waals surface area contributed by atoms with Crippen LogP contribution >= 0.6 is 0 Å². The van der Waals surface area contributed by atoms with Gasteiger partial charge in [0.1, 0.15) is 0 Å². The number of fused-ring (bicyclic) bond motifs is 1. The summed E-state index contributed by atoms with van der Waals surface area (Å²) in [7, 11) is 1.40. The van der Waals surface area contributed by atoms with Crippen LogP contribution in [0.1, 0.15) is 0 Å². The van der Waals surface area contributed by atoms with E-state index in [-0.39, 0.29) is 11.4 Å². The molecule has 0 radical (unpaired) electrons. The van der Waals surface area contributed by atoms with E-state index in [1.165, 1.54) is 13.2 Å². The fourth-order valence-electron chi connectivity index (χ4n) is 1.27. The number of nitro groups is 1. The molecule has 1 heterocycles. The summed E-state index contributed by atoms with van der Waals surface area (Å²) in [4.78, 5) is 10.2. The fraction of sp³-hybridized carbons (Fsp3) is 0.125. The van der Waals surface area contributed by atoms with Gasteiger partial charge in [0.05, 0.1) is 23.7 Å². The van der Waals surface area contributed by atoms with E-state index in [4.69, 9.17) is 4.74 Å². The quantitative estimate of drug-likeness (QED) is 0.578. The van der Waals surface area contributed by atoms with Gasteiger partial charge in [-0.15, -0.1) is 0 Å². The van der Waals surface area contributed by atoms with Gasteiger partial charge in [0.25, 0.3) is 0 Å². The third-order valence-electron chi connectivity index (χ3n) is 1.94. The molecule has 0 aliphatic rings. The summed E-state index contributed by atoms with van der Waals surface area (Å²) in [5, 5.41) is 17.9. The Morgan fingerprint density at radius 2 is 2.36 bits per heavy atom. The minimum absolute atomic E-state index is 0.0655. The van der Waals surface area contributed by atoms with E-state index in [0.29, 0.717) is 5.52 Å². The van der Waals surface area contributed by atoms with Crippen molar-refractivity contribution in [2.75, 3.05) is 7.11 Å². The molecule has 0 amide bonds. The maximum atomic E-state index is 10.6. The van der Waals surface area contributed by atoms with Gasteiger partial charge in [-0.05, 0) is 6.07 Å². The van der Waals surface area contributed by atoms with Crippen molar-refractivity contribution in [2.24, 2.45) is 0 Å². The minimum Gasteiger partial charge on any atom is -0.490 e. The largest absolute Gasteiger partial charge is 0.490 e. The fourth-order valence-corrected chi connectivity index (χ4v) is 1.27. The van der Waals surface area contributed by atoms with Crippen LogP contribution in [0.4, 0.5) is 5.69 Å². The first-order valence-electron chi connectivity index (χ1n) is 3.88. The van der Waals surface area contributed by atoms with Crippen molar-refractivity contribution in [3.05, 3.63) is 28.4 Å². The van der Waals surface area contributed by atoms with Gasteiger partial charge in [0.15, 0.2) is 5.75 Å². The first-order chi connectivity index (χ1) is 6.72. The molecular weight excluding hydrogens is 186 g/mol. The molecule has 0 spiro atoms. The van der Waals surface area contributed by atoms with Crippen molar-refractivity contribution in [1.29, 1.82) is 0 Å². The normalized spacial score (nSPS) is 10.4. The lowest BCUT2D eigenvalue weighted by Crippen LogP contribution is -1.93. The van der Waals surface area contributed by atoms with Crippen LogP contribution in [-0.4, -0.2) is 22.2 Å². The molecule has 2 rings (SSSR count). The smallest absolute Gasteiger partial charge is 0.313 e. The lowest BCUT2D eigenvalue weighted by molar-refractivity contribution is -0.385. The van der Waals surface area contributed by atoms with Crippen LogP contribution < -0.4 is 4.74 Å². The van der Waals surface area contributed by atoms with Crippen LogP contribution in [0.15, 0.2) is 18.3 Å². The Morgan fingerprint density at radius 3 is 3.00 bits per heavy atom. The highest BCUT2D eigenvalue weighted by Gasteiger charge is 2.16. The van der Waals surface area contributed by atoms with E-state index >= 15 is 0 Å². The summed E-state index contributed by atoms with van der Waals surface area (Å²) in [6.45, 7) is 0. The van der Waals surface area contributed by atoms with Gasteiger partial charge in [0, 0.05) is 11.5 Å². The second kappa shape index (κ2) is 2.99. The average Bonchev–Trinajstić information content (AvgIpc) is 2.62. The number of methoxy groups -OCH3 is 1. The molecule has 72 valence electrons. The zero-order chi connectivity index (χ0) is 10.1. The van der Waals surface area contributed by atoms with E-state index < -0.39 is 4.92 Å². The Hall–Kier alpha value is -2.11. The summed E-state index contributed by atoms with van der Waals surface area (Å²) in [6.07, 6.45) is 1.58. The summed E-state index contributed by atoms with van der Waals surface area (Å²) < 4.78 is 4.90. The number of benzene rings is 1. The van der Waals surface area contributed by atoms with Crippen molar-refractivity contribution in [1.82, 2.24) is 10.2 Å². The number of aromatic nitrogens is 2. The van der Waals surface area contributed by atoms with Gasteiger partial charge in [-0.2, -0.15) is 5.10 Å². The first-order valence-corrected chi connectivity index (χ1v) is 3.88. The van der Waals surface area contributed by atoms with Gasteiger partial charge in [-0.25, -0.2) is 0 Å². The molecule has 0 atom stereocenters. The van der Waals surface area contributed by atoms with Crippen molar-refractivity contribution < 1.29 is 9.66 Å². The lowest BCUT2D eigenvalue weighted by atomic mass is 10.2. The van der Waals surface area contributed by atoms with Crippen LogP contribution in [0.3, 0.4) is 0 Å². The van der Waals surface area contributed by atoms with E-state index in [1.807, 2.05) is 0 Å². The van der Waals surface area contributed by atoms with E-state index in [9.17, 15) is 10.1 Å². The van der Waals surface area contributed by atoms with Crippen molar-refractivity contribution in [3.8, 4) is 5.75 Å². The number of nitrogens with zero attached hydrogens (tertiary/aromatic N) is 2. The third kappa shape index (κ3) is 1.17. The number of H-pyrrole nitrogens is 1. The SMILES string of the molecule is COc1cc2cn[nH]c2cc1[N+](=O)[O-]. The maximum absolute atomic E-state index is 10.6. The highest BCUT2D eigenvalue weighted by molar-refractivity contribution is 5.83. The first kappa shape index (κ1) is 8.49. The molecule has 14 heavy (non-hydrogen) atoms. The minimum atomic E-state index is -0.487. The second-order valence-electron chi connectivity index (χ2n) is 2.74. The molecule has 0 unspecified atom stereocenters. The molecule has 0 aliphatic carbocycles. The molecule has 0 saturated heterocycles. The topological polar surface area (TPSA) is 81.0 Å². The van der Waals surface area contributed by atoms with Crippen LogP contribution in [-0.2, 0) is 0 Å². The lowest BCUT2D eigenvalue weighted by Gasteiger charge is -2.00. The average molecular weight is 193 g/mol. The van der Waals surface area contributed by atoms with Gasteiger partial charge >= 0.3 is 5.69 Å². The monoisotopic (exact) mass is 193 g/mol. The van der Waals surface area contributed by atoms with Crippen molar-refractivity contribution in [2.45, 2.75) is 0 Å². The number of nitrogens with one attached hydrogen (secondary N) is 1. The number of rotatable bonds is 2. The number of hydrogen-bond acceptors (Lipinski definition) is 4. The standard InChI is InChI=1S/C8H7N3O3/c1-14-8-2-5-4-9-10-6(5)3-7(8)11(12)13/h2-4H,1H3,(H,9,10). The zero-order valence-corrected chi connectivity index (χ0v) is 7.35. The predicted octanol–water partition coefficient (Wildman–Crippen LogP) is 1.48. The summed E-state index contributed by atoms with van der Waals surface area (Å²) >= 11 is 0. The van der Waals surface area contributed by atoms with E-state index in [0.717, 1.165) is 5.39 Å². The number of ether oxygens (including phenoxy) is 1. The van der Waals surface area contributed by atoms with Crippen LogP contribution in [0.5, 0.6) is 5.75 Å². The highest BCUT2D eigenvalue weighted by Crippen LogP contribution is 2.30. The third-order valence-corrected chi connectivity index (χ3v) is 1.94. The van der Waals surface area contributed by atoms with E-state index in [2.05, 4.69) is 10.2 Å². The maximum Gasteiger partial charge on any atom is 0.313 e. The number of nitro benzene ring substituents is 1. The highest BCUT2D eigenvalue weighted by atomic mass is 16.6. The molecule has 0 bridgehead atoms. The number of hydrogen-bond donors (Lipinski definition) is 1. The molecule has 6 heteroatoms. The Kier molecular flexibility index (Phi) is 1.81. The van der Waals surface area contributed by atoms with Crippen LogP contribution in [0.25, 0.3) is 10.9 Å². The van der Waals surface area contributed by atoms with Gasteiger partial charge in [-0.1, -0.05) is 0 Å². The molecule has 0 saturated carbocycles. The van der Waals surface area contributed by atoms with Gasteiger partial charge in [-0.3, -0.25) is 15.2 Å². The Bertz CT molecular complexity index is 492. The molecule has 1 aromatic carbocycles. The second-order valence-corrected chi connectivity index (χ2v) is 2.74. The van der Waals surface area contributed by atoms with Crippen molar-refractivity contribution in [3.63, 3.8) is 0 Å². The van der Waals surface area contributed by atoms with Gasteiger partial charge < -0.3 is 4.74 Å². The molecule has 6 nitrogen and oxygen atoms in total. The van der Waals surface area contributed by atoms with Crippen LogP contribution in [0.2, 0.25) is 0 Å². The summed E-state index contributed by atoms with van der Waals surface area (Å²) in [5.41, 5.74) is 0.557. The van der Waals surface area contributed by atoms with E-state index in [1.54, 1.807) is 12.3 Å². The zero-order valence-electron chi connectivity index (χ0n) is 7.35. The molecule has 2 aromatic rings.